The van der Waals surface area contributed by atoms with E-state index in [1.54, 1.807) is 20.8 Å². The second-order valence-corrected chi connectivity index (χ2v) is 6.11. The van der Waals surface area contributed by atoms with Gasteiger partial charge in [0, 0.05) is 7.11 Å². The topological polar surface area (TPSA) is 108 Å². The third-order valence-corrected chi connectivity index (χ3v) is 3.28. The molecular weight excluding hydrogens is 276 g/mol. The van der Waals surface area contributed by atoms with E-state index >= 15 is 0 Å². The first kappa shape index (κ1) is 18.1. The molecule has 1 fully saturated rings. The lowest BCUT2D eigenvalue weighted by Gasteiger charge is -2.25. The van der Waals surface area contributed by atoms with Crippen LogP contribution in [-0.4, -0.2) is 57.8 Å². The van der Waals surface area contributed by atoms with Gasteiger partial charge in [-0.05, 0) is 27.8 Å². The van der Waals surface area contributed by atoms with Crippen molar-refractivity contribution in [2.75, 3.05) is 27.4 Å². The first-order chi connectivity index (χ1) is 8.67. The van der Waals surface area contributed by atoms with Gasteiger partial charge in [0.1, 0.15) is 11.6 Å². The molecule has 0 bridgehead atoms. The van der Waals surface area contributed by atoms with Crippen LogP contribution in [0.25, 0.3) is 0 Å². The van der Waals surface area contributed by atoms with Crippen LogP contribution in [0.5, 0.6) is 0 Å². The van der Waals surface area contributed by atoms with Gasteiger partial charge in [-0.2, -0.15) is 12.7 Å². The minimum absolute atomic E-state index is 0.0679. The molecule has 1 aliphatic heterocycles. The Morgan fingerprint density at radius 3 is 2.37 bits per heavy atom. The highest BCUT2D eigenvalue weighted by molar-refractivity contribution is 7.85. The standard InChI is InChI=1S/C9H17NO6S.CH5N/c1-9(2,3)16-8(11)10-7(5-14-4)6-15-17(10,12)13;1-2/h7H,5-6H2,1-4H3;2H2,1H3. The maximum Gasteiger partial charge on any atom is 0.426 e. The van der Waals surface area contributed by atoms with Crippen molar-refractivity contribution in [3.63, 3.8) is 0 Å². The summed E-state index contributed by atoms with van der Waals surface area (Å²) in [6, 6.07) is -0.681. The highest BCUT2D eigenvalue weighted by Gasteiger charge is 2.44. The molecular formula is C10H22N2O6S. The molecule has 0 saturated carbocycles. The fourth-order valence-corrected chi connectivity index (χ4v) is 2.48. The van der Waals surface area contributed by atoms with Gasteiger partial charge in [-0.15, -0.1) is 0 Å². The molecule has 0 radical (unpaired) electrons. The third-order valence-electron chi connectivity index (χ3n) is 1.91. The van der Waals surface area contributed by atoms with E-state index in [1.807, 2.05) is 0 Å². The molecule has 2 N–H and O–H groups in total. The number of methoxy groups -OCH3 is 1. The highest BCUT2D eigenvalue weighted by Crippen LogP contribution is 2.22. The van der Waals surface area contributed by atoms with E-state index in [9.17, 15) is 13.2 Å². The van der Waals surface area contributed by atoms with Crippen molar-refractivity contribution in [3.8, 4) is 0 Å². The molecule has 8 nitrogen and oxygen atoms in total. The Labute approximate surface area is 114 Å². The number of hydrogen-bond donors (Lipinski definition) is 1. The summed E-state index contributed by atoms with van der Waals surface area (Å²) in [5, 5.41) is 0. The zero-order valence-corrected chi connectivity index (χ0v) is 12.7. The number of carbonyl (C=O) groups is 1. The molecule has 19 heavy (non-hydrogen) atoms. The van der Waals surface area contributed by atoms with Crippen LogP contribution in [0.3, 0.4) is 0 Å². The van der Waals surface area contributed by atoms with E-state index in [0.717, 1.165) is 0 Å². The van der Waals surface area contributed by atoms with Crippen molar-refractivity contribution in [1.29, 1.82) is 0 Å². The molecule has 0 aliphatic carbocycles. The van der Waals surface area contributed by atoms with Crippen molar-refractivity contribution >= 4 is 16.4 Å². The van der Waals surface area contributed by atoms with E-state index in [1.165, 1.54) is 14.2 Å². The smallest absolute Gasteiger partial charge is 0.426 e. The number of nitrogens with two attached hydrogens (primary N) is 1. The van der Waals surface area contributed by atoms with Gasteiger partial charge in [0.15, 0.2) is 0 Å². The number of nitrogens with zero attached hydrogens (tertiary/aromatic N) is 1. The second kappa shape index (κ2) is 7.04. The van der Waals surface area contributed by atoms with Gasteiger partial charge in [0.25, 0.3) is 0 Å². The average Bonchev–Trinajstić information content (AvgIpc) is 2.55. The average molecular weight is 298 g/mol. The Bertz CT molecular complexity index is 389. The van der Waals surface area contributed by atoms with Crippen molar-refractivity contribution in [2.45, 2.75) is 32.4 Å². The van der Waals surface area contributed by atoms with E-state index in [0.29, 0.717) is 4.31 Å². The summed E-state index contributed by atoms with van der Waals surface area (Å²) < 4.78 is 38.0. The summed E-state index contributed by atoms with van der Waals surface area (Å²) in [5.41, 5.74) is 3.73. The number of hydrogen-bond acceptors (Lipinski definition) is 7. The molecule has 0 aromatic carbocycles. The molecule has 1 heterocycles. The lowest BCUT2D eigenvalue weighted by molar-refractivity contribution is 0.0295. The van der Waals surface area contributed by atoms with Crippen molar-refractivity contribution in [3.05, 3.63) is 0 Å². The lowest BCUT2D eigenvalue weighted by atomic mass is 10.2. The Morgan fingerprint density at radius 1 is 1.42 bits per heavy atom. The maximum atomic E-state index is 11.8. The number of amides is 1. The van der Waals surface area contributed by atoms with E-state index in [2.05, 4.69) is 9.92 Å². The predicted molar refractivity (Wildman–Crippen MR) is 68.7 cm³/mol. The van der Waals surface area contributed by atoms with Crippen LogP contribution in [0.4, 0.5) is 4.79 Å². The molecule has 1 rings (SSSR count). The Kier molecular flexibility index (Phi) is 6.70. The van der Waals surface area contributed by atoms with Crippen molar-refractivity contribution in [2.24, 2.45) is 5.73 Å². The van der Waals surface area contributed by atoms with Crippen LogP contribution in [0, 0.1) is 0 Å². The van der Waals surface area contributed by atoms with Gasteiger partial charge in [-0.1, -0.05) is 0 Å². The summed E-state index contributed by atoms with van der Waals surface area (Å²) in [6.45, 7) is 4.91. The van der Waals surface area contributed by atoms with Crippen LogP contribution in [0.15, 0.2) is 0 Å². The fraction of sp³-hybridized carbons (Fsp3) is 0.900. The number of ether oxygens (including phenoxy) is 2. The molecule has 1 saturated heterocycles. The van der Waals surface area contributed by atoms with Gasteiger partial charge < -0.3 is 15.2 Å². The normalized spacial score (nSPS) is 21.6. The van der Waals surface area contributed by atoms with Crippen LogP contribution in [-0.2, 0) is 24.0 Å². The van der Waals surface area contributed by atoms with Gasteiger partial charge in [-0.25, -0.2) is 4.79 Å². The maximum absolute atomic E-state index is 11.8. The summed E-state index contributed by atoms with van der Waals surface area (Å²) >= 11 is 0. The zero-order chi connectivity index (χ0) is 15.3. The van der Waals surface area contributed by atoms with Crippen molar-refractivity contribution in [1.82, 2.24) is 4.31 Å². The fourth-order valence-electron chi connectivity index (χ4n) is 1.33. The van der Waals surface area contributed by atoms with Crippen molar-refractivity contribution < 1.29 is 26.9 Å². The Morgan fingerprint density at radius 2 is 1.95 bits per heavy atom. The molecule has 0 aromatic heterocycles. The van der Waals surface area contributed by atoms with E-state index in [-0.39, 0.29) is 13.2 Å². The summed E-state index contributed by atoms with van der Waals surface area (Å²) in [7, 11) is -1.14. The largest absolute Gasteiger partial charge is 0.443 e. The van der Waals surface area contributed by atoms with Gasteiger partial charge in [-0.3, -0.25) is 4.18 Å². The molecule has 1 atom stereocenters. The van der Waals surface area contributed by atoms with Gasteiger partial charge >= 0.3 is 16.4 Å². The van der Waals surface area contributed by atoms with Crippen LogP contribution in [0.1, 0.15) is 20.8 Å². The molecule has 0 spiro atoms. The van der Waals surface area contributed by atoms with Crippen LogP contribution < -0.4 is 5.73 Å². The highest BCUT2D eigenvalue weighted by atomic mass is 32.2. The molecule has 1 aliphatic rings. The van der Waals surface area contributed by atoms with Gasteiger partial charge in [0.05, 0.1) is 13.2 Å². The first-order valence-electron chi connectivity index (χ1n) is 5.66. The summed E-state index contributed by atoms with van der Waals surface area (Å²) in [5.74, 6) is 0. The quantitative estimate of drug-likeness (QED) is 0.769. The third kappa shape index (κ3) is 5.31. The Balaban J connectivity index is 0.00000154. The Hall–Kier alpha value is -0.900. The number of rotatable bonds is 2. The van der Waals surface area contributed by atoms with Crippen LogP contribution in [0.2, 0.25) is 0 Å². The van der Waals surface area contributed by atoms with E-state index < -0.39 is 28.0 Å². The lowest BCUT2D eigenvalue weighted by Crippen LogP contribution is -2.44. The molecule has 9 heteroatoms. The second-order valence-electron chi connectivity index (χ2n) is 4.63. The minimum Gasteiger partial charge on any atom is -0.443 e. The molecule has 0 aromatic rings. The van der Waals surface area contributed by atoms with Gasteiger partial charge in [0.2, 0.25) is 0 Å². The van der Waals surface area contributed by atoms with E-state index in [4.69, 9.17) is 9.47 Å². The molecule has 114 valence electrons. The predicted octanol–water partition coefficient (Wildman–Crippen LogP) is 0.0884. The molecule has 1 unspecified atom stereocenters. The summed E-state index contributed by atoms with van der Waals surface area (Å²) in [6.07, 6.45) is -0.947. The number of carbonyl (C=O) groups excluding carboxylic acids is 1. The SMILES string of the molecule is CN.COCC1COS(=O)(=O)N1C(=O)OC(C)(C)C. The zero-order valence-electron chi connectivity index (χ0n) is 11.9. The minimum atomic E-state index is -4.05. The monoisotopic (exact) mass is 298 g/mol. The first-order valence-corrected chi connectivity index (χ1v) is 7.02. The molecule has 1 amide bonds. The van der Waals surface area contributed by atoms with Crippen LogP contribution >= 0.6 is 0 Å². The summed E-state index contributed by atoms with van der Waals surface area (Å²) in [4.78, 5) is 11.8.